The molecule has 1 amide bonds. The number of nitrogen functional groups attached to an aromatic ring is 1. The second kappa shape index (κ2) is 3.51. The van der Waals surface area contributed by atoms with Crippen LogP contribution >= 0.6 is 0 Å². The smallest absolute Gasteiger partial charge is 0.224 e. The average molecular weight is 216 g/mol. The van der Waals surface area contributed by atoms with Crippen molar-refractivity contribution in [2.75, 3.05) is 11.1 Å². The van der Waals surface area contributed by atoms with Crippen LogP contribution in [0.5, 0.6) is 0 Å². The molecule has 2 aliphatic rings. The lowest BCUT2D eigenvalue weighted by Gasteiger charge is -2.14. The van der Waals surface area contributed by atoms with E-state index >= 15 is 0 Å². The van der Waals surface area contributed by atoms with Gasteiger partial charge in [-0.05, 0) is 48.8 Å². The Morgan fingerprint density at radius 3 is 2.81 bits per heavy atom. The maximum Gasteiger partial charge on any atom is 0.224 e. The summed E-state index contributed by atoms with van der Waals surface area (Å²) < 4.78 is 0. The van der Waals surface area contributed by atoms with E-state index in [0.29, 0.717) is 18.0 Å². The fraction of sp³-hybridized carbons (Fsp3) is 0.462. The van der Waals surface area contributed by atoms with E-state index in [4.69, 9.17) is 5.73 Å². The summed E-state index contributed by atoms with van der Waals surface area (Å²) in [5.74, 6) is 0.808. The van der Waals surface area contributed by atoms with E-state index < -0.39 is 0 Å². The first-order valence-electron chi connectivity index (χ1n) is 5.97. The van der Waals surface area contributed by atoms with Crippen molar-refractivity contribution in [2.45, 2.75) is 38.0 Å². The zero-order valence-electron chi connectivity index (χ0n) is 9.25. The molecule has 3 nitrogen and oxygen atoms in total. The van der Waals surface area contributed by atoms with E-state index in [2.05, 4.69) is 11.4 Å². The van der Waals surface area contributed by atoms with Crippen molar-refractivity contribution in [1.82, 2.24) is 0 Å². The number of nitrogens with two attached hydrogens (primary N) is 1. The Hall–Kier alpha value is -1.51. The van der Waals surface area contributed by atoms with Crippen LogP contribution < -0.4 is 11.1 Å². The monoisotopic (exact) mass is 216 g/mol. The second-order valence-corrected chi connectivity index (χ2v) is 4.77. The van der Waals surface area contributed by atoms with Gasteiger partial charge in [0, 0.05) is 6.42 Å². The Balaban J connectivity index is 2.11. The molecule has 16 heavy (non-hydrogen) atoms. The molecule has 1 saturated carbocycles. The van der Waals surface area contributed by atoms with Crippen LogP contribution in [0.4, 0.5) is 11.4 Å². The Labute approximate surface area is 95.0 Å². The molecular formula is C13H16N2O. The van der Waals surface area contributed by atoms with Gasteiger partial charge in [0.2, 0.25) is 5.91 Å². The van der Waals surface area contributed by atoms with Gasteiger partial charge in [-0.15, -0.1) is 0 Å². The summed E-state index contributed by atoms with van der Waals surface area (Å²) in [4.78, 5) is 11.5. The summed E-state index contributed by atoms with van der Waals surface area (Å²) in [6.07, 6.45) is 5.08. The Morgan fingerprint density at radius 2 is 2.06 bits per heavy atom. The Kier molecular flexibility index (Phi) is 2.13. The molecule has 1 aliphatic heterocycles. The molecule has 1 aromatic carbocycles. The molecule has 3 rings (SSSR count). The third-order valence-electron chi connectivity index (χ3n) is 3.49. The molecule has 0 unspecified atom stereocenters. The highest BCUT2D eigenvalue weighted by atomic mass is 16.1. The SMILES string of the molecule is Nc1ccc(C2CC2)c2c1NC(=O)CCC2. The number of hydrogen-bond donors (Lipinski definition) is 2. The number of amides is 1. The third-order valence-corrected chi connectivity index (χ3v) is 3.49. The standard InChI is InChI=1S/C13H16N2O/c14-11-7-6-9(8-4-5-8)10-2-1-3-12(16)15-13(10)11/h6-8H,1-5,14H2,(H,15,16). The minimum atomic E-state index is 0.0957. The highest BCUT2D eigenvalue weighted by molar-refractivity contribution is 5.96. The Morgan fingerprint density at radius 1 is 1.25 bits per heavy atom. The predicted octanol–water partition coefficient (Wildman–Crippen LogP) is 2.42. The molecule has 0 saturated heterocycles. The minimum absolute atomic E-state index is 0.0957. The molecule has 0 radical (unpaired) electrons. The lowest BCUT2D eigenvalue weighted by molar-refractivity contribution is -0.116. The van der Waals surface area contributed by atoms with Crippen molar-refractivity contribution in [3.8, 4) is 0 Å². The first kappa shape index (κ1) is 9.70. The van der Waals surface area contributed by atoms with Crippen LogP contribution in [0.1, 0.15) is 42.7 Å². The summed E-state index contributed by atoms with van der Waals surface area (Å²) in [7, 11) is 0. The normalized spacial score (nSPS) is 19.9. The zero-order valence-corrected chi connectivity index (χ0v) is 9.25. The number of rotatable bonds is 1. The predicted molar refractivity (Wildman–Crippen MR) is 64.4 cm³/mol. The summed E-state index contributed by atoms with van der Waals surface area (Å²) in [5, 5.41) is 2.95. The molecule has 84 valence electrons. The minimum Gasteiger partial charge on any atom is -0.397 e. The van der Waals surface area contributed by atoms with Crippen LogP contribution in [0, 0.1) is 0 Å². The molecule has 0 bridgehead atoms. The summed E-state index contributed by atoms with van der Waals surface area (Å²) in [5.41, 5.74) is 10.2. The van der Waals surface area contributed by atoms with Crippen LogP contribution in [0.15, 0.2) is 12.1 Å². The molecule has 1 heterocycles. The van der Waals surface area contributed by atoms with Gasteiger partial charge in [0.15, 0.2) is 0 Å². The van der Waals surface area contributed by atoms with Gasteiger partial charge in [0.1, 0.15) is 0 Å². The van der Waals surface area contributed by atoms with Gasteiger partial charge in [-0.1, -0.05) is 6.07 Å². The quantitative estimate of drug-likeness (QED) is 0.708. The first-order valence-corrected chi connectivity index (χ1v) is 5.97. The van der Waals surface area contributed by atoms with Crippen LogP contribution in [-0.4, -0.2) is 5.91 Å². The van der Waals surface area contributed by atoms with Gasteiger partial charge in [0.05, 0.1) is 11.4 Å². The number of carbonyl (C=O) groups is 1. The molecule has 0 aromatic heterocycles. The van der Waals surface area contributed by atoms with Gasteiger partial charge < -0.3 is 11.1 Å². The molecule has 0 spiro atoms. The van der Waals surface area contributed by atoms with Crippen LogP contribution in [-0.2, 0) is 11.2 Å². The number of anilines is 2. The highest BCUT2D eigenvalue weighted by Gasteiger charge is 2.28. The number of benzene rings is 1. The van der Waals surface area contributed by atoms with Gasteiger partial charge in [-0.25, -0.2) is 0 Å². The number of nitrogens with one attached hydrogen (secondary N) is 1. The number of fused-ring (bicyclic) bond motifs is 1. The van der Waals surface area contributed by atoms with E-state index in [1.54, 1.807) is 0 Å². The molecule has 3 heteroatoms. The zero-order chi connectivity index (χ0) is 11.1. The lowest BCUT2D eigenvalue weighted by Crippen LogP contribution is -2.11. The van der Waals surface area contributed by atoms with Crippen LogP contribution in [0.2, 0.25) is 0 Å². The fourth-order valence-electron chi connectivity index (χ4n) is 2.50. The van der Waals surface area contributed by atoms with Gasteiger partial charge >= 0.3 is 0 Å². The van der Waals surface area contributed by atoms with Crippen molar-refractivity contribution in [1.29, 1.82) is 0 Å². The molecule has 1 fully saturated rings. The van der Waals surface area contributed by atoms with Crippen molar-refractivity contribution in [2.24, 2.45) is 0 Å². The van der Waals surface area contributed by atoms with E-state index in [0.717, 1.165) is 18.5 Å². The van der Waals surface area contributed by atoms with Crippen molar-refractivity contribution >= 4 is 17.3 Å². The average Bonchev–Trinajstić information content (AvgIpc) is 3.05. The molecular weight excluding hydrogens is 200 g/mol. The maximum absolute atomic E-state index is 11.5. The maximum atomic E-state index is 11.5. The summed E-state index contributed by atoms with van der Waals surface area (Å²) >= 11 is 0. The molecule has 1 aliphatic carbocycles. The van der Waals surface area contributed by atoms with Crippen molar-refractivity contribution in [3.63, 3.8) is 0 Å². The van der Waals surface area contributed by atoms with E-state index in [1.165, 1.54) is 24.0 Å². The Bertz CT molecular complexity index is 449. The summed E-state index contributed by atoms with van der Waals surface area (Å²) in [6.45, 7) is 0. The van der Waals surface area contributed by atoms with Crippen molar-refractivity contribution < 1.29 is 4.79 Å². The fourth-order valence-corrected chi connectivity index (χ4v) is 2.50. The lowest BCUT2D eigenvalue weighted by atomic mass is 9.97. The van der Waals surface area contributed by atoms with E-state index in [-0.39, 0.29) is 5.91 Å². The van der Waals surface area contributed by atoms with Gasteiger partial charge in [-0.3, -0.25) is 4.79 Å². The number of carbonyl (C=O) groups excluding carboxylic acids is 1. The largest absolute Gasteiger partial charge is 0.397 e. The molecule has 3 N–H and O–H groups in total. The van der Waals surface area contributed by atoms with Crippen LogP contribution in [0.3, 0.4) is 0 Å². The molecule has 1 aromatic rings. The third kappa shape index (κ3) is 1.56. The van der Waals surface area contributed by atoms with E-state index in [9.17, 15) is 4.79 Å². The summed E-state index contributed by atoms with van der Waals surface area (Å²) in [6, 6.07) is 4.07. The van der Waals surface area contributed by atoms with Gasteiger partial charge in [0.25, 0.3) is 0 Å². The highest BCUT2D eigenvalue weighted by Crippen LogP contribution is 2.45. The second-order valence-electron chi connectivity index (χ2n) is 4.77. The topological polar surface area (TPSA) is 55.1 Å². The van der Waals surface area contributed by atoms with Gasteiger partial charge in [-0.2, -0.15) is 0 Å². The van der Waals surface area contributed by atoms with E-state index in [1.807, 2.05) is 6.07 Å². The number of hydrogen-bond acceptors (Lipinski definition) is 2. The van der Waals surface area contributed by atoms with Crippen molar-refractivity contribution in [3.05, 3.63) is 23.3 Å². The van der Waals surface area contributed by atoms with Crippen LogP contribution in [0.25, 0.3) is 0 Å². The first-order chi connectivity index (χ1) is 7.75. The molecule has 0 atom stereocenters.